The van der Waals surface area contributed by atoms with E-state index in [1.54, 1.807) is 53.4 Å². The van der Waals surface area contributed by atoms with Gasteiger partial charge in [0.05, 0.1) is 11.8 Å². The van der Waals surface area contributed by atoms with Gasteiger partial charge in [-0.2, -0.15) is 18.3 Å². The molecule has 2 amide bonds. The number of alkyl halides is 3. The van der Waals surface area contributed by atoms with E-state index >= 15 is 0 Å². The number of halogens is 4. The number of benzene rings is 2. The molecular weight excluding hydrogens is 457 g/mol. The molecule has 1 atom stereocenters. The third kappa shape index (κ3) is 3.13. The van der Waals surface area contributed by atoms with E-state index in [0.717, 1.165) is 18.8 Å². The van der Waals surface area contributed by atoms with Gasteiger partial charge in [0.1, 0.15) is 5.66 Å². The van der Waals surface area contributed by atoms with Crippen molar-refractivity contribution in [2.24, 2.45) is 7.05 Å². The number of aromatic nitrogens is 2. The molecule has 1 aromatic heterocycles. The monoisotopic (exact) mass is 474 g/mol. The fourth-order valence-electron chi connectivity index (χ4n) is 4.95. The maximum atomic E-state index is 13.7. The van der Waals surface area contributed by atoms with Crippen LogP contribution >= 0.6 is 11.6 Å². The van der Waals surface area contributed by atoms with Gasteiger partial charge in [-0.05, 0) is 29.3 Å². The fraction of sp³-hybridized carbons (Fsp3) is 0.261. The normalized spacial score (nSPS) is 20.1. The van der Waals surface area contributed by atoms with Crippen LogP contribution in [0, 0.1) is 0 Å². The molecule has 0 spiro atoms. The average Bonchev–Trinajstić information content (AvgIpc) is 3.35. The van der Waals surface area contributed by atoms with Crippen LogP contribution in [0.5, 0.6) is 0 Å². The lowest BCUT2D eigenvalue weighted by Crippen LogP contribution is -2.58. The van der Waals surface area contributed by atoms with Crippen LogP contribution < -0.4 is 0 Å². The minimum atomic E-state index is -4.77. The van der Waals surface area contributed by atoms with Crippen molar-refractivity contribution in [2.45, 2.75) is 18.3 Å². The first kappa shape index (κ1) is 21.5. The third-order valence-electron chi connectivity index (χ3n) is 6.36. The molecular formula is C23H18ClF3N4O2. The molecule has 2 aliphatic heterocycles. The summed E-state index contributed by atoms with van der Waals surface area (Å²) >= 11 is 6.07. The molecule has 3 heterocycles. The minimum absolute atomic E-state index is 0.0768. The number of aryl methyl sites for hydroxylation is 1. The molecule has 0 radical (unpaired) electrons. The van der Waals surface area contributed by atoms with Crippen LogP contribution in [-0.4, -0.2) is 44.5 Å². The molecule has 170 valence electrons. The quantitative estimate of drug-likeness (QED) is 0.562. The Kier molecular flexibility index (Phi) is 4.79. The van der Waals surface area contributed by atoms with Crippen LogP contribution in [0.25, 0.3) is 0 Å². The van der Waals surface area contributed by atoms with Gasteiger partial charge in [-0.25, -0.2) is 0 Å². The molecule has 1 saturated heterocycles. The number of rotatable bonds is 2. The summed E-state index contributed by atoms with van der Waals surface area (Å²) in [7, 11) is 1.14. The first-order valence-corrected chi connectivity index (χ1v) is 10.6. The summed E-state index contributed by atoms with van der Waals surface area (Å²) in [6.45, 7) is 0.260. The number of carbonyl (C=O) groups excluding carboxylic acids is 2. The van der Waals surface area contributed by atoms with Gasteiger partial charge in [0.2, 0.25) is 0 Å². The first-order valence-electron chi connectivity index (χ1n) is 10.2. The SMILES string of the molecule is Cn1ncc(C(=O)N2CCN3C(=O)c4ccccc4CC32c2ccc(Cl)cc2)c1C(F)(F)F. The second kappa shape index (κ2) is 7.34. The number of hydrogen-bond acceptors (Lipinski definition) is 3. The number of amides is 2. The van der Waals surface area contributed by atoms with Gasteiger partial charge in [-0.3, -0.25) is 14.3 Å². The smallest absolute Gasteiger partial charge is 0.309 e. The standard InChI is InChI=1S/C23H18ClF3N4O2/c1-29-19(23(25,26)27)18(13-28-29)21(33)31-11-10-30-20(32)17-5-3-2-4-14(17)12-22(30,31)15-6-8-16(24)9-7-15/h2-9,13H,10-12H2,1H3. The summed E-state index contributed by atoms with van der Waals surface area (Å²) in [4.78, 5) is 30.0. The summed E-state index contributed by atoms with van der Waals surface area (Å²) in [5.74, 6) is -1.11. The second-order valence-corrected chi connectivity index (χ2v) is 8.54. The summed E-state index contributed by atoms with van der Waals surface area (Å²) in [5, 5.41) is 4.15. The molecule has 0 saturated carbocycles. The van der Waals surface area contributed by atoms with Crippen LogP contribution in [0.1, 0.15) is 37.5 Å². The Morgan fingerprint density at radius 3 is 2.48 bits per heavy atom. The van der Waals surface area contributed by atoms with E-state index in [9.17, 15) is 22.8 Å². The fourth-order valence-corrected chi connectivity index (χ4v) is 5.07. The summed E-state index contributed by atoms with van der Waals surface area (Å²) in [6, 6.07) is 13.8. The van der Waals surface area contributed by atoms with Gasteiger partial charge < -0.3 is 9.80 Å². The number of nitrogens with zero attached hydrogens (tertiary/aromatic N) is 4. The Labute approximate surface area is 192 Å². The van der Waals surface area contributed by atoms with Crippen LogP contribution in [0.2, 0.25) is 5.02 Å². The zero-order chi connectivity index (χ0) is 23.5. The van der Waals surface area contributed by atoms with Gasteiger partial charge in [-0.1, -0.05) is 41.9 Å². The second-order valence-electron chi connectivity index (χ2n) is 8.10. The van der Waals surface area contributed by atoms with Crippen LogP contribution in [0.15, 0.2) is 54.7 Å². The molecule has 1 unspecified atom stereocenters. The highest BCUT2D eigenvalue weighted by atomic mass is 35.5. The molecule has 3 aromatic rings. The lowest BCUT2D eigenvalue weighted by molar-refractivity contribution is -0.144. The van der Waals surface area contributed by atoms with E-state index < -0.39 is 29.0 Å². The highest BCUT2D eigenvalue weighted by Crippen LogP contribution is 2.46. The summed E-state index contributed by atoms with van der Waals surface area (Å²) in [6.07, 6.45) is -3.59. The number of hydrogen-bond donors (Lipinski definition) is 0. The molecule has 2 aromatic carbocycles. The van der Waals surface area contributed by atoms with Crippen molar-refractivity contribution in [3.63, 3.8) is 0 Å². The van der Waals surface area contributed by atoms with Crippen molar-refractivity contribution in [1.82, 2.24) is 19.6 Å². The molecule has 0 aliphatic carbocycles. The topological polar surface area (TPSA) is 58.4 Å². The Bertz CT molecular complexity index is 1270. The van der Waals surface area contributed by atoms with Crippen molar-refractivity contribution >= 4 is 23.4 Å². The maximum absolute atomic E-state index is 13.7. The van der Waals surface area contributed by atoms with E-state index in [1.165, 1.54) is 4.90 Å². The molecule has 6 nitrogen and oxygen atoms in total. The predicted octanol–water partition coefficient (Wildman–Crippen LogP) is 4.10. The highest BCUT2D eigenvalue weighted by molar-refractivity contribution is 6.30. The van der Waals surface area contributed by atoms with E-state index in [1.807, 2.05) is 0 Å². The molecule has 5 rings (SSSR count). The molecule has 10 heteroatoms. The van der Waals surface area contributed by atoms with E-state index in [4.69, 9.17) is 11.6 Å². The third-order valence-corrected chi connectivity index (χ3v) is 6.61. The van der Waals surface area contributed by atoms with Crippen LogP contribution in [0.4, 0.5) is 13.2 Å². The molecule has 1 fully saturated rings. The zero-order valence-electron chi connectivity index (χ0n) is 17.4. The summed E-state index contributed by atoms with van der Waals surface area (Å²) < 4.78 is 41.9. The number of fused-ring (bicyclic) bond motifs is 2. The van der Waals surface area contributed by atoms with Crippen molar-refractivity contribution in [3.05, 3.63) is 87.7 Å². The van der Waals surface area contributed by atoms with Crippen LogP contribution in [-0.2, 0) is 25.3 Å². The van der Waals surface area contributed by atoms with E-state index in [-0.39, 0.29) is 25.4 Å². The molecule has 0 bridgehead atoms. The Morgan fingerprint density at radius 2 is 1.79 bits per heavy atom. The van der Waals surface area contributed by atoms with Crippen molar-refractivity contribution in [1.29, 1.82) is 0 Å². The number of carbonyl (C=O) groups is 2. The Hall–Kier alpha value is -3.33. The van der Waals surface area contributed by atoms with Crippen LogP contribution in [0.3, 0.4) is 0 Å². The van der Waals surface area contributed by atoms with Gasteiger partial charge in [0, 0.05) is 37.1 Å². The van der Waals surface area contributed by atoms with Crippen molar-refractivity contribution < 1.29 is 22.8 Å². The largest absolute Gasteiger partial charge is 0.433 e. The summed E-state index contributed by atoms with van der Waals surface area (Å²) in [5.41, 5.74) is -1.13. The van der Waals surface area contributed by atoms with E-state index in [2.05, 4.69) is 5.10 Å². The van der Waals surface area contributed by atoms with Gasteiger partial charge in [-0.15, -0.1) is 0 Å². The lowest BCUT2D eigenvalue weighted by atomic mass is 9.83. The van der Waals surface area contributed by atoms with E-state index in [0.29, 0.717) is 20.8 Å². The lowest BCUT2D eigenvalue weighted by Gasteiger charge is -2.47. The maximum Gasteiger partial charge on any atom is 0.433 e. The average molecular weight is 475 g/mol. The predicted molar refractivity (Wildman–Crippen MR) is 114 cm³/mol. The van der Waals surface area contributed by atoms with Crippen molar-refractivity contribution in [3.8, 4) is 0 Å². The van der Waals surface area contributed by atoms with Crippen molar-refractivity contribution in [2.75, 3.05) is 13.1 Å². The first-order chi connectivity index (χ1) is 15.6. The minimum Gasteiger partial charge on any atom is -0.309 e. The van der Waals surface area contributed by atoms with Gasteiger partial charge in [0.15, 0.2) is 5.69 Å². The highest BCUT2D eigenvalue weighted by Gasteiger charge is 2.56. The van der Waals surface area contributed by atoms with Gasteiger partial charge >= 0.3 is 6.18 Å². The molecule has 33 heavy (non-hydrogen) atoms. The van der Waals surface area contributed by atoms with Gasteiger partial charge in [0.25, 0.3) is 11.8 Å². The molecule has 2 aliphatic rings. The Morgan fingerprint density at radius 1 is 1.09 bits per heavy atom. The molecule has 0 N–H and O–H groups in total. The zero-order valence-corrected chi connectivity index (χ0v) is 18.2. The Balaban J connectivity index is 1.70.